The van der Waals surface area contributed by atoms with E-state index in [0.717, 1.165) is 17.0 Å². The summed E-state index contributed by atoms with van der Waals surface area (Å²) in [7, 11) is 0. The lowest BCUT2D eigenvalue weighted by atomic mass is 10.0. The normalized spacial score (nSPS) is 20.8. The minimum atomic E-state index is -0.516. The molecule has 6 heteroatoms. The fraction of sp³-hybridized carbons (Fsp3) is 0.500. The van der Waals surface area contributed by atoms with Crippen LogP contribution in [0.25, 0.3) is 0 Å². The molecule has 0 fully saturated rings. The molecule has 2 heterocycles. The van der Waals surface area contributed by atoms with Gasteiger partial charge in [0.2, 0.25) is 6.10 Å². The molecule has 22 heavy (non-hydrogen) atoms. The summed E-state index contributed by atoms with van der Waals surface area (Å²) >= 11 is 6.04. The van der Waals surface area contributed by atoms with Gasteiger partial charge in [-0.1, -0.05) is 30.6 Å². The number of oxime groups is 1. The average molecular weight is 323 g/mol. The Morgan fingerprint density at radius 1 is 1.45 bits per heavy atom. The summed E-state index contributed by atoms with van der Waals surface area (Å²) in [5, 5.41) is 4.67. The monoisotopic (exact) mass is 322 g/mol. The van der Waals surface area contributed by atoms with Crippen LogP contribution in [0, 0.1) is 5.92 Å². The van der Waals surface area contributed by atoms with Crippen molar-refractivity contribution in [3.63, 3.8) is 0 Å². The van der Waals surface area contributed by atoms with Gasteiger partial charge in [0.25, 0.3) is 5.91 Å². The molecule has 0 saturated heterocycles. The largest absolute Gasteiger partial charge is 0.491 e. The number of halogens is 1. The Balaban J connectivity index is 1.72. The summed E-state index contributed by atoms with van der Waals surface area (Å²) < 4.78 is 5.68. The van der Waals surface area contributed by atoms with Crippen molar-refractivity contribution in [3.8, 4) is 5.75 Å². The van der Waals surface area contributed by atoms with Crippen molar-refractivity contribution < 1.29 is 14.4 Å². The van der Waals surface area contributed by atoms with E-state index in [0.29, 0.717) is 37.1 Å². The number of carbonyl (C=O) groups is 1. The molecule has 2 aliphatic rings. The van der Waals surface area contributed by atoms with Crippen molar-refractivity contribution in [2.75, 3.05) is 13.2 Å². The van der Waals surface area contributed by atoms with Crippen LogP contribution in [0.2, 0.25) is 5.02 Å². The molecule has 1 aromatic rings. The van der Waals surface area contributed by atoms with Gasteiger partial charge in [-0.25, -0.2) is 0 Å². The third kappa shape index (κ3) is 3.04. The number of hydrogen-bond donors (Lipinski definition) is 0. The molecule has 0 saturated carbocycles. The highest BCUT2D eigenvalue weighted by Crippen LogP contribution is 2.27. The van der Waals surface area contributed by atoms with Crippen LogP contribution in [0.1, 0.15) is 25.8 Å². The second-order valence-corrected chi connectivity index (χ2v) is 6.33. The highest BCUT2D eigenvalue weighted by molar-refractivity contribution is 6.30. The number of rotatable bonds is 2. The Bertz CT molecular complexity index is 615. The molecular weight excluding hydrogens is 304 g/mol. The molecule has 2 aliphatic heterocycles. The van der Waals surface area contributed by atoms with Gasteiger partial charge in [0, 0.05) is 23.6 Å². The second-order valence-electron chi connectivity index (χ2n) is 5.90. The summed E-state index contributed by atoms with van der Waals surface area (Å²) in [6.07, 6.45) is 0.0501. The second kappa shape index (κ2) is 6.16. The van der Waals surface area contributed by atoms with Gasteiger partial charge in [-0.15, -0.1) is 0 Å². The molecule has 0 N–H and O–H groups in total. The maximum atomic E-state index is 12.7. The zero-order chi connectivity index (χ0) is 15.7. The van der Waals surface area contributed by atoms with Crippen LogP contribution in [0.15, 0.2) is 23.4 Å². The zero-order valence-electron chi connectivity index (χ0n) is 12.7. The van der Waals surface area contributed by atoms with E-state index in [1.807, 2.05) is 26.0 Å². The molecule has 1 aromatic carbocycles. The van der Waals surface area contributed by atoms with Crippen LogP contribution in [-0.2, 0) is 16.2 Å². The van der Waals surface area contributed by atoms with E-state index < -0.39 is 6.10 Å². The lowest BCUT2D eigenvalue weighted by Gasteiger charge is -2.22. The molecule has 0 spiro atoms. The van der Waals surface area contributed by atoms with Crippen LogP contribution >= 0.6 is 11.6 Å². The highest BCUT2D eigenvalue weighted by Gasteiger charge is 2.33. The SMILES string of the molecule is CC(C)C1=NOC(C(=O)N2CCOc3ccc(Cl)cc3C2)C1. The van der Waals surface area contributed by atoms with E-state index in [1.165, 1.54) is 0 Å². The predicted octanol–water partition coefficient (Wildman–Crippen LogP) is 2.86. The zero-order valence-corrected chi connectivity index (χ0v) is 13.5. The average Bonchev–Trinajstić information content (AvgIpc) is 2.88. The van der Waals surface area contributed by atoms with Gasteiger partial charge in [0.15, 0.2) is 0 Å². The van der Waals surface area contributed by atoms with E-state index in [9.17, 15) is 4.79 Å². The third-order valence-electron chi connectivity index (χ3n) is 3.95. The standard InChI is InChI=1S/C16H19ClN2O3/c1-10(2)13-8-15(22-18-13)16(20)19-5-6-21-14-4-3-12(17)7-11(14)9-19/h3-4,7,10,15H,5-6,8-9H2,1-2H3. The molecule has 0 aromatic heterocycles. The van der Waals surface area contributed by atoms with Crippen molar-refractivity contribution in [1.82, 2.24) is 4.90 Å². The number of hydrogen-bond acceptors (Lipinski definition) is 4. The molecule has 0 radical (unpaired) electrons. The number of benzene rings is 1. The first-order valence-electron chi connectivity index (χ1n) is 7.47. The molecular formula is C16H19ClN2O3. The summed E-state index contributed by atoms with van der Waals surface area (Å²) in [5.41, 5.74) is 1.86. The maximum Gasteiger partial charge on any atom is 0.267 e. The van der Waals surface area contributed by atoms with Crippen LogP contribution < -0.4 is 4.74 Å². The van der Waals surface area contributed by atoms with Crippen LogP contribution in [-0.4, -0.2) is 35.8 Å². The quantitative estimate of drug-likeness (QED) is 0.841. The predicted molar refractivity (Wildman–Crippen MR) is 84.1 cm³/mol. The van der Waals surface area contributed by atoms with Gasteiger partial charge >= 0.3 is 0 Å². The van der Waals surface area contributed by atoms with E-state index >= 15 is 0 Å². The maximum absolute atomic E-state index is 12.7. The molecule has 3 rings (SSSR count). The first-order valence-corrected chi connectivity index (χ1v) is 7.85. The van der Waals surface area contributed by atoms with E-state index in [1.54, 1.807) is 11.0 Å². The van der Waals surface area contributed by atoms with Gasteiger partial charge in [-0.3, -0.25) is 4.79 Å². The first-order chi connectivity index (χ1) is 10.5. The minimum Gasteiger partial charge on any atom is -0.491 e. The third-order valence-corrected chi connectivity index (χ3v) is 4.18. The van der Waals surface area contributed by atoms with Crippen molar-refractivity contribution in [2.24, 2.45) is 11.1 Å². The van der Waals surface area contributed by atoms with E-state index in [4.69, 9.17) is 21.2 Å². The van der Waals surface area contributed by atoms with E-state index in [2.05, 4.69) is 5.16 Å². The highest BCUT2D eigenvalue weighted by atomic mass is 35.5. The van der Waals surface area contributed by atoms with Crippen molar-refractivity contribution in [2.45, 2.75) is 32.9 Å². The van der Waals surface area contributed by atoms with Gasteiger partial charge < -0.3 is 14.5 Å². The van der Waals surface area contributed by atoms with Crippen LogP contribution in [0.4, 0.5) is 0 Å². The molecule has 0 bridgehead atoms. The fourth-order valence-corrected chi connectivity index (χ4v) is 2.82. The Hall–Kier alpha value is -1.75. The van der Waals surface area contributed by atoms with Gasteiger partial charge in [-0.05, 0) is 24.1 Å². The Morgan fingerprint density at radius 2 is 2.27 bits per heavy atom. The first kappa shape index (κ1) is 15.2. The van der Waals surface area contributed by atoms with Gasteiger partial charge in [0.1, 0.15) is 12.4 Å². The molecule has 1 amide bonds. The number of carbonyl (C=O) groups excluding carboxylic acids is 1. The Morgan fingerprint density at radius 3 is 3.00 bits per heavy atom. The van der Waals surface area contributed by atoms with Crippen molar-refractivity contribution in [3.05, 3.63) is 28.8 Å². The molecule has 5 nitrogen and oxygen atoms in total. The minimum absolute atomic E-state index is 0.0455. The Labute approximate surface area is 134 Å². The summed E-state index contributed by atoms with van der Waals surface area (Å²) in [6.45, 7) is 5.57. The van der Waals surface area contributed by atoms with Crippen molar-refractivity contribution in [1.29, 1.82) is 0 Å². The van der Waals surface area contributed by atoms with Crippen LogP contribution in [0.3, 0.4) is 0 Å². The topological polar surface area (TPSA) is 51.1 Å². The molecule has 118 valence electrons. The molecule has 0 aliphatic carbocycles. The summed E-state index contributed by atoms with van der Waals surface area (Å²) in [4.78, 5) is 19.7. The molecule has 1 unspecified atom stereocenters. The lowest BCUT2D eigenvalue weighted by Crippen LogP contribution is -2.40. The summed E-state index contributed by atoms with van der Waals surface area (Å²) in [6, 6.07) is 5.48. The van der Waals surface area contributed by atoms with E-state index in [-0.39, 0.29) is 5.91 Å². The van der Waals surface area contributed by atoms with Gasteiger partial charge in [0.05, 0.1) is 12.3 Å². The Kier molecular flexibility index (Phi) is 4.25. The van der Waals surface area contributed by atoms with Crippen LogP contribution in [0.5, 0.6) is 5.75 Å². The smallest absolute Gasteiger partial charge is 0.267 e. The number of ether oxygens (including phenoxy) is 1. The number of amides is 1. The molecule has 1 atom stereocenters. The fourth-order valence-electron chi connectivity index (χ4n) is 2.62. The van der Waals surface area contributed by atoms with Gasteiger partial charge in [-0.2, -0.15) is 0 Å². The van der Waals surface area contributed by atoms with Crippen molar-refractivity contribution >= 4 is 23.2 Å². The lowest BCUT2D eigenvalue weighted by molar-refractivity contribution is -0.142. The number of nitrogens with zero attached hydrogens (tertiary/aromatic N) is 2. The number of fused-ring (bicyclic) bond motifs is 1. The summed E-state index contributed by atoms with van der Waals surface area (Å²) in [5.74, 6) is 1.03.